The lowest BCUT2D eigenvalue weighted by atomic mass is 9.89. The van der Waals surface area contributed by atoms with Crippen LogP contribution in [-0.2, 0) is 17.8 Å². The van der Waals surface area contributed by atoms with Crippen LogP contribution in [-0.4, -0.2) is 11.8 Å². The standard InChI is InChI=1S/C21H26N2O2S/c1-2-17-13-18(20(25)22-14-15-9-5-3-6-10-15)21(26-17)23-19(24)16-11-7-4-8-12-16/h3,5-6,9-10,13,16H,2,4,7-8,11-12,14H2,1H3,(H,22,25)(H,23,24). The summed E-state index contributed by atoms with van der Waals surface area (Å²) in [5.74, 6) is 0.00576. The first kappa shape index (κ1) is 18.6. The number of amides is 2. The van der Waals surface area contributed by atoms with Crippen LogP contribution in [0.2, 0.25) is 0 Å². The van der Waals surface area contributed by atoms with Crippen molar-refractivity contribution >= 4 is 28.2 Å². The Morgan fingerprint density at radius 2 is 1.85 bits per heavy atom. The molecule has 1 fully saturated rings. The lowest BCUT2D eigenvalue weighted by Gasteiger charge is -2.20. The number of carbonyl (C=O) groups is 2. The van der Waals surface area contributed by atoms with E-state index in [-0.39, 0.29) is 17.7 Å². The van der Waals surface area contributed by atoms with Crippen LogP contribution in [0.1, 0.15) is 59.8 Å². The van der Waals surface area contributed by atoms with E-state index in [9.17, 15) is 9.59 Å². The highest BCUT2D eigenvalue weighted by Gasteiger charge is 2.24. The topological polar surface area (TPSA) is 58.2 Å². The zero-order valence-corrected chi connectivity index (χ0v) is 16.0. The summed E-state index contributed by atoms with van der Waals surface area (Å²) in [5, 5.41) is 6.68. The molecular weight excluding hydrogens is 344 g/mol. The summed E-state index contributed by atoms with van der Waals surface area (Å²) in [6.45, 7) is 2.54. The Hall–Kier alpha value is -2.14. The van der Waals surface area contributed by atoms with Crippen LogP contribution >= 0.6 is 11.3 Å². The van der Waals surface area contributed by atoms with Crippen molar-refractivity contribution in [3.8, 4) is 0 Å². The lowest BCUT2D eigenvalue weighted by Crippen LogP contribution is -2.27. The molecule has 1 aliphatic carbocycles. The molecular formula is C21H26N2O2S. The van der Waals surface area contributed by atoms with Crippen molar-refractivity contribution < 1.29 is 9.59 Å². The number of rotatable bonds is 6. The van der Waals surface area contributed by atoms with E-state index in [1.807, 2.05) is 36.4 Å². The number of carbonyl (C=O) groups excluding carboxylic acids is 2. The highest BCUT2D eigenvalue weighted by Crippen LogP contribution is 2.31. The van der Waals surface area contributed by atoms with E-state index in [1.165, 1.54) is 17.8 Å². The molecule has 0 atom stereocenters. The zero-order chi connectivity index (χ0) is 18.4. The van der Waals surface area contributed by atoms with Crippen molar-refractivity contribution in [2.45, 2.75) is 52.0 Å². The normalized spacial score (nSPS) is 14.8. The van der Waals surface area contributed by atoms with Crippen LogP contribution in [0.3, 0.4) is 0 Å². The fourth-order valence-electron chi connectivity index (χ4n) is 3.33. The predicted molar refractivity (Wildman–Crippen MR) is 107 cm³/mol. The molecule has 1 aromatic heterocycles. The van der Waals surface area contributed by atoms with Gasteiger partial charge in [-0.25, -0.2) is 0 Å². The van der Waals surface area contributed by atoms with Crippen LogP contribution in [0.4, 0.5) is 5.00 Å². The van der Waals surface area contributed by atoms with Crippen molar-refractivity contribution in [2.75, 3.05) is 5.32 Å². The van der Waals surface area contributed by atoms with Gasteiger partial charge in [-0.05, 0) is 30.9 Å². The van der Waals surface area contributed by atoms with Crippen LogP contribution < -0.4 is 10.6 Å². The summed E-state index contributed by atoms with van der Waals surface area (Å²) in [7, 11) is 0. The molecule has 5 heteroatoms. The number of thiophene rings is 1. The van der Waals surface area contributed by atoms with Gasteiger partial charge in [0.25, 0.3) is 5.91 Å². The number of anilines is 1. The van der Waals surface area contributed by atoms with Gasteiger partial charge < -0.3 is 10.6 Å². The van der Waals surface area contributed by atoms with Crippen molar-refractivity contribution in [2.24, 2.45) is 5.92 Å². The number of hydrogen-bond donors (Lipinski definition) is 2. The maximum atomic E-state index is 12.7. The Balaban J connectivity index is 1.68. The molecule has 0 bridgehead atoms. The molecule has 26 heavy (non-hydrogen) atoms. The summed E-state index contributed by atoms with van der Waals surface area (Å²) >= 11 is 1.51. The van der Waals surface area contributed by atoms with Gasteiger partial charge in [0.05, 0.1) is 5.56 Å². The fourth-order valence-corrected chi connectivity index (χ4v) is 4.33. The monoisotopic (exact) mass is 370 g/mol. The van der Waals surface area contributed by atoms with Gasteiger partial charge in [0, 0.05) is 17.3 Å². The number of aryl methyl sites for hydroxylation is 1. The van der Waals surface area contributed by atoms with Gasteiger partial charge in [-0.15, -0.1) is 11.3 Å². The number of benzene rings is 1. The van der Waals surface area contributed by atoms with Crippen LogP contribution in [0.25, 0.3) is 0 Å². The van der Waals surface area contributed by atoms with Crippen LogP contribution in [0.5, 0.6) is 0 Å². The average molecular weight is 371 g/mol. The Bertz CT molecular complexity index is 749. The second kappa shape index (κ2) is 8.99. The molecule has 4 nitrogen and oxygen atoms in total. The molecule has 1 aliphatic rings. The molecule has 2 aromatic rings. The Labute approximate surface area is 159 Å². The predicted octanol–water partition coefficient (Wildman–Crippen LogP) is 4.76. The summed E-state index contributed by atoms with van der Waals surface area (Å²) < 4.78 is 0. The third kappa shape index (κ3) is 4.73. The molecule has 2 amide bonds. The fraction of sp³-hybridized carbons (Fsp3) is 0.429. The van der Waals surface area contributed by atoms with Gasteiger partial charge in [-0.1, -0.05) is 56.5 Å². The smallest absolute Gasteiger partial charge is 0.254 e. The molecule has 1 saturated carbocycles. The highest BCUT2D eigenvalue weighted by molar-refractivity contribution is 7.16. The van der Waals surface area contributed by atoms with Crippen LogP contribution in [0, 0.1) is 5.92 Å². The van der Waals surface area contributed by atoms with E-state index in [2.05, 4.69) is 17.6 Å². The third-order valence-electron chi connectivity index (χ3n) is 4.88. The molecule has 0 unspecified atom stereocenters. The first-order chi connectivity index (χ1) is 12.7. The van der Waals surface area contributed by atoms with Crippen molar-refractivity contribution in [1.29, 1.82) is 0 Å². The molecule has 0 saturated heterocycles. The molecule has 1 heterocycles. The second-order valence-electron chi connectivity index (χ2n) is 6.80. The van der Waals surface area contributed by atoms with Gasteiger partial charge in [0.1, 0.15) is 5.00 Å². The van der Waals surface area contributed by atoms with E-state index < -0.39 is 0 Å². The Morgan fingerprint density at radius 1 is 1.12 bits per heavy atom. The Kier molecular flexibility index (Phi) is 6.45. The van der Waals surface area contributed by atoms with Gasteiger partial charge in [0.2, 0.25) is 5.91 Å². The SMILES string of the molecule is CCc1cc(C(=O)NCc2ccccc2)c(NC(=O)C2CCCCC2)s1. The maximum Gasteiger partial charge on any atom is 0.254 e. The summed E-state index contributed by atoms with van der Waals surface area (Å²) in [4.78, 5) is 26.4. The van der Waals surface area contributed by atoms with Crippen molar-refractivity contribution in [3.63, 3.8) is 0 Å². The minimum Gasteiger partial charge on any atom is -0.348 e. The first-order valence-corrected chi connectivity index (χ1v) is 10.2. The molecule has 2 N–H and O–H groups in total. The zero-order valence-electron chi connectivity index (χ0n) is 15.2. The van der Waals surface area contributed by atoms with Gasteiger partial charge >= 0.3 is 0 Å². The largest absolute Gasteiger partial charge is 0.348 e. The summed E-state index contributed by atoms with van der Waals surface area (Å²) in [5.41, 5.74) is 1.63. The molecule has 138 valence electrons. The minimum absolute atomic E-state index is 0.0614. The molecule has 0 spiro atoms. The van der Waals surface area contributed by atoms with E-state index in [0.717, 1.165) is 42.5 Å². The van der Waals surface area contributed by atoms with E-state index >= 15 is 0 Å². The van der Waals surface area contributed by atoms with E-state index in [0.29, 0.717) is 17.1 Å². The quantitative estimate of drug-likeness (QED) is 0.770. The van der Waals surface area contributed by atoms with Gasteiger partial charge in [0.15, 0.2) is 0 Å². The van der Waals surface area contributed by atoms with Gasteiger partial charge in [-0.2, -0.15) is 0 Å². The van der Waals surface area contributed by atoms with Gasteiger partial charge in [-0.3, -0.25) is 9.59 Å². The number of hydrogen-bond acceptors (Lipinski definition) is 3. The third-order valence-corrected chi connectivity index (χ3v) is 6.08. The Morgan fingerprint density at radius 3 is 2.54 bits per heavy atom. The molecule has 1 aromatic carbocycles. The highest BCUT2D eigenvalue weighted by atomic mass is 32.1. The first-order valence-electron chi connectivity index (χ1n) is 9.43. The molecule has 0 aliphatic heterocycles. The van der Waals surface area contributed by atoms with E-state index in [4.69, 9.17) is 0 Å². The minimum atomic E-state index is -0.135. The summed E-state index contributed by atoms with van der Waals surface area (Å²) in [6, 6.07) is 11.7. The molecule has 0 radical (unpaired) electrons. The van der Waals surface area contributed by atoms with E-state index in [1.54, 1.807) is 0 Å². The molecule has 3 rings (SSSR count). The van der Waals surface area contributed by atoms with Crippen LogP contribution in [0.15, 0.2) is 36.4 Å². The second-order valence-corrected chi connectivity index (χ2v) is 7.94. The van der Waals surface area contributed by atoms with Crippen molar-refractivity contribution in [3.05, 3.63) is 52.4 Å². The van der Waals surface area contributed by atoms with Crippen molar-refractivity contribution in [1.82, 2.24) is 5.32 Å². The summed E-state index contributed by atoms with van der Waals surface area (Å²) in [6.07, 6.45) is 6.21. The number of nitrogens with one attached hydrogen (secondary N) is 2. The average Bonchev–Trinajstić information content (AvgIpc) is 3.10. The lowest BCUT2D eigenvalue weighted by molar-refractivity contribution is -0.120. The maximum absolute atomic E-state index is 12.7.